The number of thiazole rings is 1. The molecule has 1 saturated carbocycles. The summed E-state index contributed by atoms with van der Waals surface area (Å²) in [7, 11) is 1.71. The van der Waals surface area contributed by atoms with Crippen LogP contribution in [0.3, 0.4) is 0 Å². The number of hydrogen-bond acceptors (Lipinski definition) is 6. The van der Waals surface area contributed by atoms with Gasteiger partial charge in [0.25, 0.3) is 0 Å². The first-order chi connectivity index (χ1) is 12.8. The van der Waals surface area contributed by atoms with Crippen LogP contribution in [0.2, 0.25) is 0 Å². The van der Waals surface area contributed by atoms with E-state index in [0.29, 0.717) is 24.7 Å². The number of benzene rings is 1. The second-order valence-electron chi connectivity index (χ2n) is 7.00. The Labute approximate surface area is 158 Å². The third-order valence-electron chi connectivity index (χ3n) is 5.42. The molecule has 2 aliphatic rings. The Kier molecular flexibility index (Phi) is 5.84. The fraction of sp³-hybridized carbons (Fsp3) is 0.550. The van der Waals surface area contributed by atoms with Crippen LogP contribution in [-0.2, 0) is 22.6 Å². The fourth-order valence-corrected chi connectivity index (χ4v) is 4.65. The van der Waals surface area contributed by atoms with Crippen LogP contribution in [0, 0.1) is 5.92 Å². The smallest absolute Gasteiger partial charge is 0.118 e. The van der Waals surface area contributed by atoms with Crippen molar-refractivity contribution in [2.45, 2.75) is 38.1 Å². The predicted octanol–water partition coefficient (Wildman–Crippen LogP) is 3.35. The minimum Gasteiger partial charge on any atom is -0.497 e. The van der Waals surface area contributed by atoms with Crippen LogP contribution in [0.5, 0.6) is 5.75 Å². The molecule has 2 fully saturated rings. The molecule has 1 aliphatic carbocycles. The first kappa shape index (κ1) is 17.9. The topological polar surface area (TPSA) is 43.8 Å². The number of aromatic nitrogens is 1. The van der Waals surface area contributed by atoms with Crippen molar-refractivity contribution in [3.63, 3.8) is 0 Å². The number of methoxy groups -OCH3 is 1. The van der Waals surface area contributed by atoms with Gasteiger partial charge >= 0.3 is 0 Å². The molecule has 2 aromatic rings. The average molecular weight is 375 g/mol. The second kappa shape index (κ2) is 8.48. The standard InChI is InChI=1S/C20H26N2O3S/c1-23-17-5-2-15(3-6-17)12-22-9-10-25-20-16(4-7-18(20)22)13-24-14-19-21-8-11-26-19/h2-3,5-6,8,11,16,18,20H,4,7,9-10,12-14H2,1H3/t16-,18-,20-/m1/s1. The molecule has 4 rings (SSSR count). The van der Waals surface area contributed by atoms with Gasteiger partial charge in [-0.1, -0.05) is 12.1 Å². The Morgan fingerprint density at radius 2 is 2.15 bits per heavy atom. The van der Waals surface area contributed by atoms with Gasteiger partial charge in [0.05, 0.1) is 33.0 Å². The third-order valence-corrected chi connectivity index (χ3v) is 6.17. The molecular formula is C20H26N2O3S. The molecule has 0 radical (unpaired) electrons. The van der Waals surface area contributed by atoms with E-state index in [9.17, 15) is 0 Å². The zero-order chi connectivity index (χ0) is 17.8. The summed E-state index contributed by atoms with van der Waals surface area (Å²) in [5.74, 6) is 1.39. The number of ether oxygens (including phenoxy) is 3. The molecule has 26 heavy (non-hydrogen) atoms. The van der Waals surface area contributed by atoms with Crippen LogP contribution in [0.15, 0.2) is 35.8 Å². The monoisotopic (exact) mass is 374 g/mol. The van der Waals surface area contributed by atoms with Gasteiger partial charge in [-0.05, 0) is 30.5 Å². The first-order valence-electron chi connectivity index (χ1n) is 9.28. The van der Waals surface area contributed by atoms with Crippen molar-refractivity contribution in [3.05, 3.63) is 46.4 Å². The van der Waals surface area contributed by atoms with Crippen LogP contribution < -0.4 is 4.74 Å². The molecule has 1 aromatic carbocycles. The van der Waals surface area contributed by atoms with E-state index in [2.05, 4.69) is 22.0 Å². The highest BCUT2D eigenvalue weighted by atomic mass is 32.1. The molecule has 0 spiro atoms. The minimum absolute atomic E-state index is 0.290. The van der Waals surface area contributed by atoms with E-state index in [4.69, 9.17) is 14.2 Å². The highest BCUT2D eigenvalue weighted by Gasteiger charge is 2.42. The van der Waals surface area contributed by atoms with Crippen molar-refractivity contribution in [2.75, 3.05) is 26.9 Å². The number of rotatable bonds is 7. The maximum Gasteiger partial charge on any atom is 0.118 e. The highest BCUT2D eigenvalue weighted by Crippen LogP contribution is 2.35. The first-order valence-corrected chi connectivity index (χ1v) is 10.2. The van der Waals surface area contributed by atoms with E-state index in [-0.39, 0.29) is 0 Å². The molecule has 3 atom stereocenters. The number of nitrogens with zero attached hydrogens (tertiary/aromatic N) is 2. The molecule has 0 bridgehead atoms. The van der Waals surface area contributed by atoms with Gasteiger partial charge in [0, 0.05) is 36.6 Å². The summed E-state index contributed by atoms with van der Waals surface area (Å²) in [6.45, 7) is 4.15. The van der Waals surface area contributed by atoms with Gasteiger partial charge < -0.3 is 14.2 Å². The Balaban J connectivity index is 1.32. The van der Waals surface area contributed by atoms with Crippen LogP contribution >= 0.6 is 11.3 Å². The summed E-state index contributed by atoms with van der Waals surface area (Å²) < 4.78 is 17.3. The van der Waals surface area contributed by atoms with Crippen molar-refractivity contribution in [2.24, 2.45) is 5.92 Å². The number of morpholine rings is 1. The van der Waals surface area contributed by atoms with Crippen LogP contribution in [-0.4, -0.2) is 48.9 Å². The van der Waals surface area contributed by atoms with E-state index < -0.39 is 0 Å². The van der Waals surface area contributed by atoms with E-state index >= 15 is 0 Å². The minimum atomic E-state index is 0.290. The number of fused-ring (bicyclic) bond motifs is 1. The lowest BCUT2D eigenvalue weighted by atomic mass is 10.0. The largest absolute Gasteiger partial charge is 0.497 e. The molecule has 6 heteroatoms. The van der Waals surface area contributed by atoms with Gasteiger partial charge in [-0.15, -0.1) is 11.3 Å². The van der Waals surface area contributed by atoms with Crippen LogP contribution in [0.25, 0.3) is 0 Å². The van der Waals surface area contributed by atoms with Crippen molar-refractivity contribution in [1.82, 2.24) is 9.88 Å². The van der Waals surface area contributed by atoms with Crippen molar-refractivity contribution in [1.29, 1.82) is 0 Å². The van der Waals surface area contributed by atoms with Crippen LogP contribution in [0.1, 0.15) is 23.4 Å². The lowest BCUT2D eigenvalue weighted by Gasteiger charge is -2.39. The van der Waals surface area contributed by atoms with Gasteiger partial charge in [0.1, 0.15) is 10.8 Å². The third kappa shape index (κ3) is 4.09. The lowest BCUT2D eigenvalue weighted by Crippen LogP contribution is -2.50. The van der Waals surface area contributed by atoms with Crippen LogP contribution in [0.4, 0.5) is 0 Å². The Morgan fingerprint density at radius 1 is 1.27 bits per heavy atom. The number of hydrogen-bond donors (Lipinski definition) is 0. The zero-order valence-corrected chi connectivity index (χ0v) is 16.0. The second-order valence-corrected chi connectivity index (χ2v) is 7.98. The summed E-state index contributed by atoms with van der Waals surface area (Å²) in [6.07, 6.45) is 4.48. The van der Waals surface area contributed by atoms with E-state index in [1.165, 1.54) is 18.4 Å². The quantitative estimate of drug-likeness (QED) is 0.744. The molecule has 0 amide bonds. The van der Waals surface area contributed by atoms with Gasteiger partial charge in [-0.25, -0.2) is 4.98 Å². The normalized spacial score (nSPS) is 26.0. The van der Waals surface area contributed by atoms with E-state index in [0.717, 1.165) is 37.1 Å². The fourth-order valence-electron chi connectivity index (χ4n) is 4.10. The molecular weight excluding hydrogens is 348 g/mol. The molecule has 0 unspecified atom stereocenters. The summed E-state index contributed by atoms with van der Waals surface area (Å²) in [6, 6.07) is 8.90. The van der Waals surface area contributed by atoms with Gasteiger partial charge in [-0.3, -0.25) is 4.90 Å². The van der Waals surface area contributed by atoms with Crippen molar-refractivity contribution >= 4 is 11.3 Å². The summed E-state index contributed by atoms with van der Waals surface area (Å²) in [4.78, 5) is 6.86. The zero-order valence-electron chi connectivity index (χ0n) is 15.2. The maximum atomic E-state index is 6.15. The maximum absolute atomic E-state index is 6.15. The molecule has 140 valence electrons. The van der Waals surface area contributed by atoms with Gasteiger partial charge in [-0.2, -0.15) is 0 Å². The van der Waals surface area contributed by atoms with Gasteiger partial charge in [0.2, 0.25) is 0 Å². The molecule has 0 N–H and O–H groups in total. The predicted molar refractivity (Wildman–Crippen MR) is 101 cm³/mol. The SMILES string of the molecule is COc1ccc(CN2CCO[C@@H]3[C@@H](COCc4nccs4)CC[C@H]32)cc1. The van der Waals surface area contributed by atoms with E-state index in [1.54, 1.807) is 18.4 Å². The molecule has 1 saturated heterocycles. The molecule has 1 aliphatic heterocycles. The summed E-state index contributed by atoms with van der Waals surface area (Å²) in [5, 5.41) is 3.04. The van der Waals surface area contributed by atoms with Gasteiger partial charge in [0.15, 0.2) is 0 Å². The highest BCUT2D eigenvalue weighted by molar-refractivity contribution is 7.09. The van der Waals surface area contributed by atoms with E-state index in [1.807, 2.05) is 23.7 Å². The summed E-state index contributed by atoms with van der Waals surface area (Å²) in [5.41, 5.74) is 1.33. The average Bonchev–Trinajstić information content (AvgIpc) is 3.33. The van der Waals surface area contributed by atoms with Crippen molar-refractivity contribution in [3.8, 4) is 5.75 Å². The van der Waals surface area contributed by atoms with Crippen molar-refractivity contribution < 1.29 is 14.2 Å². The molecule has 5 nitrogen and oxygen atoms in total. The molecule has 2 heterocycles. The molecule has 1 aromatic heterocycles. The Bertz CT molecular complexity index is 677. The summed E-state index contributed by atoms with van der Waals surface area (Å²) >= 11 is 1.65. The Morgan fingerprint density at radius 3 is 2.92 bits per heavy atom. The Hall–Kier alpha value is -1.47. The lowest BCUT2D eigenvalue weighted by molar-refractivity contribution is -0.0891.